The minimum absolute atomic E-state index is 0.0427. The molecular weight excluding hydrogens is 230 g/mol. The number of benzene rings is 1. The van der Waals surface area contributed by atoms with Gasteiger partial charge in [-0.05, 0) is 24.1 Å². The molecule has 1 fully saturated rings. The second kappa shape index (κ2) is 5.27. The van der Waals surface area contributed by atoms with Gasteiger partial charge in [-0.1, -0.05) is 12.1 Å². The van der Waals surface area contributed by atoms with Gasteiger partial charge in [-0.3, -0.25) is 0 Å². The zero-order valence-electron chi connectivity index (χ0n) is 10.8. The Morgan fingerprint density at radius 3 is 2.94 bits per heavy atom. The molecule has 0 bridgehead atoms. The third-order valence-corrected chi connectivity index (χ3v) is 3.26. The highest BCUT2D eigenvalue weighted by molar-refractivity contribution is 5.77. The highest BCUT2D eigenvalue weighted by Crippen LogP contribution is 2.28. The summed E-state index contributed by atoms with van der Waals surface area (Å²) in [4.78, 5) is 13.5. The molecule has 18 heavy (non-hydrogen) atoms. The van der Waals surface area contributed by atoms with Crippen molar-refractivity contribution in [1.29, 1.82) is 0 Å². The number of nitrogens with two attached hydrogens (primary N) is 1. The molecule has 0 spiro atoms. The summed E-state index contributed by atoms with van der Waals surface area (Å²) in [6.07, 6.45) is 0. The molecule has 5 heteroatoms. The Morgan fingerprint density at radius 1 is 1.56 bits per heavy atom. The average Bonchev–Trinajstić information content (AvgIpc) is 2.72. The smallest absolute Gasteiger partial charge is 0.318 e. The molecule has 1 aromatic rings. The van der Waals surface area contributed by atoms with Crippen LogP contribution in [0, 0.1) is 6.92 Å². The summed E-state index contributed by atoms with van der Waals surface area (Å²) in [6, 6.07) is 6.02. The first-order valence-corrected chi connectivity index (χ1v) is 6.06. The Labute approximate surface area is 107 Å². The third-order valence-electron chi connectivity index (χ3n) is 3.26. The van der Waals surface area contributed by atoms with Crippen LogP contribution in [-0.4, -0.2) is 37.7 Å². The molecule has 0 aromatic heterocycles. The summed E-state index contributed by atoms with van der Waals surface area (Å²) < 4.78 is 5.24. The number of nitrogens with one attached hydrogen (secondary N) is 1. The molecule has 1 saturated heterocycles. The van der Waals surface area contributed by atoms with Crippen molar-refractivity contribution in [2.24, 2.45) is 5.73 Å². The Morgan fingerprint density at radius 2 is 2.33 bits per heavy atom. The van der Waals surface area contributed by atoms with Crippen LogP contribution in [0.4, 0.5) is 4.79 Å². The maximum atomic E-state index is 11.7. The van der Waals surface area contributed by atoms with Crippen molar-refractivity contribution < 1.29 is 9.53 Å². The van der Waals surface area contributed by atoms with Crippen LogP contribution in [0.1, 0.15) is 17.2 Å². The van der Waals surface area contributed by atoms with Gasteiger partial charge in [0.2, 0.25) is 0 Å². The van der Waals surface area contributed by atoms with E-state index in [0.29, 0.717) is 19.6 Å². The topological polar surface area (TPSA) is 67.6 Å². The van der Waals surface area contributed by atoms with Crippen LogP contribution in [0.2, 0.25) is 0 Å². The summed E-state index contributed by atoms with van der Waals surface area (Å²) in [5, 5.41) is 2.85. The van der Waals surface area contributed by atoms with Gasteiger partial charge in [-0.25, -0.2) is 4.79 Å². The van der Waals surface area contributed by atoms with Gasteiger partial charge in [-0.15, -0.1) is 0 Å². The molecule has 0 radical (unpaired) electrons. The van der Waals surface area contributed by atoms with Gasteiger partial charge in [-0.2, -0.15) is 0 Å². The molecule has 1 heterocycles. The zero-order valence-corrected chi connectivity index (χ0v) is 10.8. The van der Waals surface area contributed by atoms with E-state index in [0.717, 1.165) is 16.9 Å². The molecule has 1 unspecified atom stereocenters. The van der Waals surface area contributed by atoms with E-state index in [-0.39, 0.29) is 12.1 Å². The van der Waals surface area contributed by atoms with E-state index in [1.165, 1.54) is 0 Å². The average molecular weight is 249 g/mol. The maximum Gasteiger partial charge on any atom is 0.318 e. The largest absolute Gasteiger partial charge is 0.496 e. The second-order valence-electron chi connectivity index (χ2n) is 4.41. The van der Waals surface area contributed by atoms with Gasteiger partial charge in [0.1, 0.15) is 5.75 Å². The highest BCUT2D eigenvalue weighted by atomic mass is 16.5. The molecule has 2 rings (SSSR count). The van der Waals surface area contributed by atoms with E-state index < -0.39 is 0 Å². The third kappa shape index (κ3) is 2.26. The summed E-state index contributed by atoms with van der Waals surface area (Å²) in [5.74, 6) is 0.862. The molecule has 1 atom stereocenters. The molecule has 2 amide bonds. The Balaban J connectivity index is 2.25. The van der Waals surface area contributed by atoms with Crippen molar-refractivity contribution in [3.63, 3.8) is 0 Å². The lowest BCUT2D eigenvalue weighted by atomic mass is 10.0. The zero-order chi connectivity index (χ0) is 13.1. The summed E-state index contributed by atoms with van der Waals surface area (Å²) in [7, 11) is 1.66. The Kier molecular flexibility index (Phi) is 3.72. The number of methoxy groups -OCH3 is 1. The predicted octanol–water partition coefficient (Wildman–Crippen LogP) is 1.03. The number of hydrogen-bond donors (Lipinski definition) is 2. The molecule has 0 aliphatic carbocycles. The van der Waals surface area contributed by atoms with Crippen LogP contribution >= 0.6 is 0 Å². The lowest BCUT2D eigenvalue weighted by Crippen LogP contribution is -2.34. The molecule has 0 saturated carbocycles. The van der Waals surface area contributed by atoms with Crippen molar-refractivity contribution >= 4 is 6.03 Å². The highest BCUT2D eigenvalue weighted by Gasteiger charge is 2.31. The van der Waals surface area contributed by atoms with Gasteiger partial charge in [0.25, 0.3) is 0 Å². The van der Waals surface area contributed by atoms with Crippen LogP contribution in [0.15, 0.2) is 18.2 Å². The van der Waals surface area contributed by atoms with Gasteiger partial charge in [0.05, 0.1) is 13.2 Å². The number of carbonyl (C=O) groups excluding carboxylic acids is 1. The Hall–Kier alpha value is -1.75. The molecular formula is C13H19N3O2. The predicted molar refractivity (Wildman–Crippen MR) is 69.6 cm³/mol. The lowest BCUT2D eigenvalue weighted by Gasteiger charge is -2.23. The fourth-order valence-corrected chi connectivity index (χ4v) is 2.34. The van der Waals surface area contributed by atoms with Crippen LogP contribution in [0.5, 0.6) is 5.75 Å². The molecule has 98 valence electrons. The van der Waals surface area contributed by atoms with Gasteiger partial charge < -0.3 is 20.7 Å². The number of nitrogens with zero attached hydrogens (tertiary/aromatic N) is 1. The number of amides is 2. The fourth-order valence-electron chi connectivity index (χ4n) is 2.34. The van der Waals surface area contributed by atoms with Crippen molar-refractivity contribution in [3.8, 4) is 5.75 Å². The minimum atomic E-state index is -0.0427. The van der Waals surface area contributed by atoms with Gasteiger partial charge >= 0.3 is 6.03 Å². The van der Waals surface area contributed by atoms with Crippen molar-refractivity contribution in [2.45, 2.75) is 13.0 Å². The standard InChI is InChI=1S/C13H19N3O2/c1-9-7-10(3-4-12(9)18-2)11-8-15-13(17)16(11)6-5-14/h3-4,7,11H,5-6,8,14H2,1-2H3,(H,15,17). The van der Waals surface area contributed by atoms with Crippen LogP contribution in [0.25, 0.3) is 0 Å². The number of ether oxygens (including phenoxy) is 1. The molecule has 3 N–H and O–H groups in total. The Bertz CT molecular complexity index is 448. The fraction of sp³-hybridized carbons (Fsp3) is 0.462. The van der Waals surface area contributed by atoms with E-state index in [2.05, 4.69) is 11.4 Å². The van der Waals surface area contributed by atoms with E-state index in [4.69, 9.17) is 10.5 Å². The molecule has 1 aromatic carbocycles. The quantitative estimate of drug-likeness (QED) is 0.837. The second-order valence-corrected chi connectivity index (χ2v) is 4.41. The van der Waals surface area contributed by atoms with E-state index in [9.17, 15) is 4.79 Å². The molecule has 5 nitrogen and oxygen atoms in total. The van der Waals surface area contributed by atoms with E-state index >= 15 is 0 Å². The normalized spacial score (nSPS) is 18.9. The number of hydrogen-bond acceptors (Lipinski definition) is 3. The van der Waals surface area contributed by atoms with Crippen LogP contribution in [0.3, 0.4) is 0 Å². The molecule has 1 aliphatic rings. The summed E-state index contributed by atoms with van der Waals surface area (Å²) >= 11 is 0. The van der Waals surface area contributed by atoms with Gasteiger partial charge in [0.15, 0.2) is 0 Å². The first-order valence-electron chi connectivity index (χ1n) is 6.06. The lowest BCUT2D eigenvalue weighted by molar-refractivity contribution is 0.206. The SMILES string of the molecule is COc1ccc(C2CNC(=O)N2CCN)cc1C. The maximum absolute atomic E-state index is 11.7. The molecule has 1 aliphatic heterocycles. The summed E-state index contributed by atoms with van der Waals surface area (Å²) in [6.45, 7) is 3.67. The van der Waals surface area contributed by atoms with E-state index in [1.54, 1.807) is 12.0 Å². The van der Waals surface area contributed by atoms with Crippen molar-refractivity contribution in [2.75, 3.05) is 26.7 Å². The van der Waals surface area contributed by atoms with Crippen molar-refractivity contribution in [3.05, 3.63) is 29.3 Å². The number of carbonyl (C=O) groups is 1. The van der Waals surface area contributed by atoms with E-state index in [1.807, 2.05) is 19.1 Å². The number of aryl methyl sites for hydroxylation is 1. The first-order chi connectivity index (χ1) is 8.67. The van der Waals surface area contributed by atoms with Crippen LogP contribution < -0.4 is 15.8 Å². The number of urea groups is 1. The number of rotatable bonds is 4. The summed E-state index contributed by atoms with van der Waals surface area (Å²) in [5.41, 5.74) is 7.73. The monoisotopic (exact) mass is 249 g/mol. The van der Waals surface area contributed by atoms with Crippen LogP contribution in [-0.2, 0) is 0 Å². The van der Waals surface area contributed by atoms with Gasteiger partial charge in [0, 0.05) is 19.6 Å². The first kappa shape index (κ1) is 12.7. The minimum Gasteiger partial charge on any atom is -0.496 e. The van der Waals surface area contributed by atoms with Crippen molar-refractivity contribution in [1.82, 2.24) is 10.2 Å².